The minimum atomic E-state index is -0.306. The van der Waals surface area contributed by atoms with Crippen molar-refractivity contribution in [1.29, 1.82) is 0 Å². The van der Waals surface area contributed by atoms with Gasteiger partial charge in [0.1, 0.15) is 19.0 Å². The first-order valence-corrected chi connectivity index (χ1v) is 6.87. The molecule has 0 fully saturated rings. The number of ether oxygens (including phenoxy) is 1. The van der Waals surface area contributed by atoms with Crippen LogP contribution in [0, 0.1) is 6.92 Å². The van der Waals surface area contributed by atoms with E-state index in [1.54, 1.807) is 12.1 Å². The first-order valence-electron chi connectivity index (χ1n) is 6.87. The van der Waals surface area contributed by atoms with Gasteiger partial charge in [0.2, 0.25) is 11.8 Å². The summed E-state index contributed by atoms with van der Waals surface area (Å²) in [6.45, 7) is 1.91. The van der Waals surface area contributed by atoms with E-state index >= 15 is 0 Å². The van der Waals surface area contributed by atoms with Gasteiger partial charge in [0.15, 0.2) is 0 Å². The third-order valence-electron chi connectivity index (χ3n) is 2.84. The maximum Gasteiger partial charge on any atom is 0.250 e. The van der Waals surface area contributed by atoms with E-state index in [9.17, 15) is 9.59 Å². The average Bonchev–Trinajstić information content (AvgIpc) is 3.01. The average molecular weight is 302 g/mol. The van der Waals surface area contributed by atoms with Crippen LogP contribution in [0.25, 0.3) is 0 Å². The fraction of sp³-hybridized carbons (Fsp3) is 0.250. The zero-order chi connectivity index (χ0) is 15.8. The van der Waals surface area contributed by atoms with Crippen molar-refractivity contribution < 1.29 is 18.7 Å². The van der Waals surface area contributed by atoms with Crippen LogP contribution in [0.15, 0.2) is 47.1 Å². The summed E-state index contributed by atoms with van der Waals surface area (Å²) in [5.41, 5.74) is 1.81. The molecule has 1 aromatic heterocycles. The summed E-state index contributed by atoms with van der Waals surface area (Å²) in [4.78, 5) is 23.1. The molecule has 2 rings (SSSR count). The van der Waals surface area contributed by atoms with E-state index in [0.717, 1.165) is 5.56 Å². The Morgan fingerprint density at radius 2 is 1.82 bits per heavy atom. The van der Waals surface area contributed by atoms with E-state index < -0.39 is 0 Å². The number of anilines is 1. The molecule has 0 aliphatic rings. The van der Waals surface area contributed by atoms with E-state index in [1.807, 2.05) is 31.2 Å². The number of carbonyl (C=O) groups excluding carboxylic acids is 2. The Hall–Kier alpha value is -2.60. The summed E-state index contributed by atoms with van der Waals surface area (Å²) < 4.78 is 10.2. The predicted octanol–water partition coefficient (Wildman–Crippen LogP) is 1.86. The number of nitrogens with one attached hydrogen (secondary N) is 2. The number of amides is 2. The van der Waals surface area contributed by atoms with Gasteiger partial charge in [-0.3, -0.25) is 9.59 Å². The van der Waals surface area contributed by atoms with Gasteiger partial charge in [-0.15, -0.1) is 0 Å². The van der Waals surface area contributed by atoms with Gasteiger partial charge in [-0.2, -0.15) is 0 Å². The van der Waals surface area contributed by atoms with Gasteiger partial charge in [-0.25, -0.2) is 0 Å². The van der Waals surface area contributed by atoms with Crippen LogP contribution in [0.3, 0.4) is 0 Å². The Labute approximate surface area is 128 Å². The highest BCUT2D eigenvalue weighted by Crippen LogP contribution is 2.08. The molecule has 22 heavy (non-hydrogen) atoms. The van der Waals surface area contributed by atoms with Crippen molar-refractivity contribution in [1.82, 2.24) is 5.32 Å². The summed E-state index contributed by atoms with van der Waals surface area (Å²) in [5, 5.41) is 5.31. The van der Waals surface area contributed by atoms with Crippen molar-refractivity contribution in [2.24, 2.45) is 0 Å². The smallest absolute Gasteiger partial charge is 0.250 e. The third kappa shape index (κ3) is 5.41. The molecule has 0 saturated carbocycles. The van der Waals surface area contributed by atoms with E-state index in [1.165, 1.54) is 6.26 Å². The number of aryl methyl sites for hydroxylation is 1. The molecule has 0 atom stereocenters. The van der Waals surface area contributed by atoms with Crippen LogP contribution in [0.2, 0.25) is 0 Å². The lowest BCUT2D eigenvalue weighted by Crippen LogP contribution is -2.29. The van der Waals surface area contributed by atoms with Gasteiger partial charge in [-0.1, -0.05) is 17.7 Å². The van der Waals surface area contributed by atoms with Gasteiger partial charge in [0, 0.05) is 5.69 Å². The molecule has 1 heterocycles. The Kier molecular flexibility index (Phi) is 5.73. The van der Waals surface area contributed by atoms with Crippen LogP contribution in [-0.4, -0.2) is 25.0 Å². The van der Waals surface area contributed by atoms with Crippen molar-refractivity contribution in [3.8, 4) is 0 Å². The maximum absolute atomic E-state index is 11.6. The SMILES string of the molecule is Cc1ccc(NC(=O)COCC(=O)NCc2ccco2)cc1. The fourth-order valence-electron chi connectivity index (χ4n) is 1.72. The molecule has 1 aromatic carbocycles. The summed E-state index contributed by atoms with van der Waals surface area (Å²) in [6, 6.07) is 10.9. The van der Waals surface area contributed by atoms with Crippen molar-refractivity contribution in [3.05, 3.63) is 54.0 Å². The number of benzene rings is 1. The first kappa shape index (κ1) is 15.8. The minimum Gasteiger partial charge on any atom is -0.467 e. The molecule has 6 heteroatoms. The molecule has 0 spiro atoms. The molecule has 0 saturated heterocycles. The van der Waals surface area contributed by atoms with Crippen molar-refractivity contribution >= 4 is 17.5 Å². The molecule has 2 aromatic rings. The summed E-state index contributed by atoms with van der Waals surface area (Å²) in [6.07, 6.45) is 1.54. The first-order chi connectivity index (χ1) is 10.6. The molecule has 0 unspecified atom stereocenters. The molecule has 0 aliphatic heterocycles. The lowest BCUT2D eigenvalue weighted by atomic mass is 10.2. The standard InChI is InChI=1S/C16H18N2O4/c1-12-4-6-13(7-5-12)18-16(20)11-21-10-15(19)17-9-14-3-2-8-22-14/h2-8H,9-11H2,1H3,(H,17,19)(H,18,20). The number of rotatable bonds is 7. The highest BCUT2D eigenvalue weighted by Gasteiger charge is 2.06. The summed E-state index contributed by atoms with van der Waals surface area (Å²) in [5.74, 6) is 0.0488. The van der Waals surface area contributed by atoms with Crippen LogP contribution in [0.4, 0.5) is 5.69 Å². The van der Waals surface area contributed by atoms with E-state index in [0.29, 0.717) is 18.0 Å². The largest absolute Gasteiger partial charge is 0.467 e. The Balaban J connectivity index is 1.62. The fourth-order valence-corrected chi connectivity index (χ4v) is 1.72. The van der Waals surface area contributed by atoms with Crippen LogP contribution in [-0.2, 0) is 20.9 Å². The topological polar surface area (TPSA) is 80.6 Å². The second-order valence-corrected chi connectivity index (χ2v) is 4.76. The van der Waals surface area contributed by atoms with Crippen LogP contribution >= 0.6 is 0 Å². The Morgan fingerprint density at radius 3 is 2.50 bits per heavy atom. The van der Waals surface area contributed by atoms with Crippen molar-refractivity contribution in [2.45, 2.75) is 13.5 Å². The normalized spacial score (nSPS) is 10.2. The van der Waals surface area contributed by atoms with E-state index in [-0.39, 0.29) is 25.0 Å². The van der Waals surface area contributed by atoms with Gasteiger partial charge in [0.25, 0.3) is 0 Å². The molecule has 2 amide bonds. The van der Waals surface area contributed by atoms with Gasteiger partial charge in [-0.05, 0) is 31.2 Å². The predicted molar refractivity (Wildman–Crippen MR) is 81.2 cm³/mol. The second-order valence-electron chi connectivity index (χ2n) is 4.76. The van der Waals surface area contributed by atoms with Crippen molar-refractivity contribution in [2.75, 3.05) is 18.5 Å². The molecule has 0 bridgehead atoms. The molecular formula is C16H18N2O4. The molecule has 2 N–H and O–H groups in total. The van der Waals surface area contributed by atoms with Crippen molar-refractivity contribution in [3.63, 3.8) is 0 Å². The lowest BCUT2D eigenvalue weighted by molar-refractivity contribution is -0.128. The monoisotopic (exact) mass is 302 g/mol. The summed E-state index contributed by atoms with van der Waals surface area (Å²) >= 11 is 0. The lowest BCUT2D eigenvalue weighted by Gasteiger charge is -2.07. The zero-order valence-corrected chi connectivity index (χ0v) is 12.3. The zero-order valence-electron chi connectivity index (χ0n) is 12.3. The Bertz CT molecular complexity index is 606. The number of hydrogen-bond donors (Lipinski definition) is 2. The highest BCUT2D eigenvalue weighted by atomic mass is 16.5. The second kappa shape index (κ2) is 7.99. The Morgan fingerprint density at radius 1 is 1.09 bits per heavy atom. The highest BCUT2D eigenvalue weighted by molar-refractivity contribution is 5.91. The van der Waals surface area contributed by atoms with E-state index in [2.05, 4.69) is 10.6 Å². The van der Waals surface area contributed by atoms with Crippen LogP contribution in [0.5, 0.6) is 0 Å². The van der Waals surface area contributed by atoms with E-state index in [4.69, 9.17) is 9.15 Å². The van der Waals surface area contributed by atoms with Crippen LogP contribution in [0.1, 0.15) is 11.3 Å². The number of carbonyl (C=O) groups is 2. The van der Waals surface area contributed by atoms with Gasteiger partial charge >= 0.3 is 0 Å². The quantitative estimate of drug-likeness (QED) is 0.818. The number of hydrogen-bond acceptors (Lipinski definition) is 4. The summed E-state index contributed by atoms with van der Waals surface area (Å²) in [7, 11) is 0. The number of furan rings is 1. The van der Waals surface area contributed by atoms with Gasteiger partial charge < -0.3 is 19.8 Å². The molecule has 0 radical (unpaired) electrons. The maximum atomic E-state index is 11.6. The third-order valence-corrected chi connectivity index (χ3v) is 2.84. The van der Waals surface area contributed by atoms with Crippen LogP contribution < -0.4 is 10.6 Å². The van der Waals surface area contributed by atoms with Gasteiger partial charge in [0.05, 0.1) is 12.8 Å². The minimum absolute atomic E-state index is 0.179. The molecule has 0 aliphatic carbocycles. The molecule has 6 nitrogen and oxygen atoms in total. The molecule has 116 valence electrons. The molecular weight excluding hydrogens is 284 g/mol.